The molecule has 1 saturated heterocycles. The van der Waals surface area contributed by atoms with Crippen molar-refractivity contribution in [2.45, 2.75) is 19.3 Å². The van der Waals surface area contributed by atoms with Crippen LogP contribution in [-0.2, 0) is 0 Å². The van der Waals surface area contributed by atoms with Gasteiger partial charge < -0.3 is 4.90 Å². The Bertz CT molecular complexity index is 481. The highest BCUT2D eigenvalue weighted by Crippen LogP contribution is 2.21. The molecule has 1 unspecified atom stereocenters. The Hall–Kier alpha value is -1.89. The summed E-state index contributed by atoms with van der Waals surface area (Å²) in [6, 6.07) is 6.06. The van der Waals surface area contributed by atoms with E-state index in [0.29, 0.717) is 13.0 Å². The molecular weight excluding hydrogens is 231 g/mol. The number of nitrogens with zero attached hydrogens (tertiary/aromatic N) is 2. The van der Waals surface area contributed by atoms with Gasteiger partial charge >= 0.3 is 0 Å². The van der Waals surface area contributed by atoms with E-state index in [2.05, 4.69) is 6.19 Å². The lowest BCUT2D eigenvalue weighted by Gasteiger charge is -2.28. The lowest BCUT2D eigenvalue weighted by atomic mass is 9.91. The minimum atomic E-state index is -0.463. The van der Waals surface area contributed by atoms with Gasteiger partial charge in [-0.25, -0.2) is 4.39 Å². The molecule has 2 rings (SSSR count). The molecule has 1 aliphatic rings. The summed E-state index contributed by atoms with van der Waals surface area (Å²) in [5.74, 6) is -0.473. The molecule has 3 nitrogen and oxygen atoms in total. The maximum atomic E-state index is 13.5. The average molecular weight is 246 g/mol. The topological polar surface area (TPSA) is 44.1 Å². The van der Waals surface area contributed by atoms with Crippen LogP contribution in [0, 0.1) is 23.2 Å². The van der Waals surface area contributed by atoms with Crippen molar-refractivity contribution in [1.82, 2.24) is 4.90 Å². The van der Waals surface area contributed by atoms with Gasteiger partial charge in [0, 0.05) is 19.5 Å². The zero-order chi connectivity index (χ0) is 13.0. The molecule has 1 aromatic carbocycles. The normalized spacial score (nSPS) is 19.3. The number of likely N-dealkylation sites (tertiary alicyclic amines) is 1. The van der Waals surface area contributed by atoms with Crippen LogP contribution in [0.25, 0.3) is 0 Å². The summed E-state index contributed by atoms with van der Waals surface area (Å²) < 4.78 is 13.5. The molecule has 0 N–H and O–H groups in total. The van der Waals surface area contributed by atoms with E-state index in [1.807, 2.05) is 0 Å². The largest absolute Gasteiger partial charge is 0.310 e. The fraction of sp³-hybridized carbons (Fsp3) is 0.429. The van der Waals surface area contributed by atoms with Crippen LogP contribution in [0.4, 0.5) is 4.39 Å². The first-order valence-electron chi connectivity index (χ1n) is 6.13. The summed E-state index contributed by atoms with van der Waals surface area (Å²) in [7, 11) is 0. The summed E-state index contributed by atoms with van der Waals surface area (Å²) in [5, 5.41) is 8.84. The smallest absolute Gasteiger partial charge is 0.179 e. The molecule has 1 aromatic rings. The molecule has 0 aliphatic carbocycles. The third kappa shape index (κ3) is 2.86. The van der Waals surface area contributed by atoms with Gasteiger partial charge in [-0.15, -0.1) is 0 Å². The predicted molar refractivity (Wildman–Crippen MR) is 65.3 cm³/mol. The van der Waals surface area contributed by atoms with Crippen molar-refractivity contribution < 1.29 is 9.18 Å². The first-order chi connectivity index (χ1) is 8.70. The highest BCUT2D eigenvalue weighted by molar-refractivity contribution is 5.96. The first-order valence-corrected chi connectivity index (χ1v) is 6.13. The quantitative estimate of drug-likeness (QED) is 0.608. The molecule has 1 fully saturated rings. The molecule has 1 atom stereocenters. The summed E-state index contributed by atoms with van der Waals surface area (Å²) in [4.78, 5) is 13.7. The number of nitriles is 1. The zero-order valence-electron chi connectivity index (χ0n) is 10.1. The summed E-state index contributed by atoms with van der Waals surface area (Å²) in [5.41, 5.74) is 0.159. The number of benzene rings is 1. The van der Waals surface area contributed by atoms with Crippen LogP contribution >= 0.6 is 0 Å². The second kappa shape index (κ2) is 5.63. The molecule has 18 heavy (non-hydrogen) atoms. The summed E-state index contributed by atoms with van der Waals surface area (Å²) in [6.07, 6.45) is 4.27. The van der Waals surface area contributed by atoms with E-state index in [1.54, 1.807) is 17.0 Å². The number of ketones is 1. The summed E-state index contributed by atoms with van der Waals surface area (Å²) in [6.45, 7) is 1.37. The van der Waals surface area contributed by atoms with Crippen LogP contribution in [-0.4, -0.2) is 23.8 Å². The number of carbonyl (C=O) groups is 1. The molecular formula is C14H15FN2O. The molecule has 4 heteroatoms. The number of hydrogen-bond donors (Lipinski definition) is 0. The third-order valence-corrected chi connectivity index (χ3v) is 3.31. The predicted octanol–water partition coefficient (Wildman–Crippen LogP) is 2.59. The van der Waals surface area contributed by atoms with Gasteiger partial charge in [0.15, 0.2) is 12.0 Å². The Kier molecular flexibility index (Phi) is 3.93. The summed E-state index contributed by atoms with van der Waals surface area (Å²) >= 11 is 0. The second-order valence-corrected chi connectivity index (χ2v) is 4.66. The second-order valence-electron chi connectivity index (χ2n) is 4.66. The number of rotatable bonds is 3. The van der Waals surface area contributed by atoms with Gasteiger partial charge in [0.05, 0.1) is 5.56 Å². The van der Waals surface area contributed by atoms with Crippen molar-refractivity contribution in [3.63, 3.8) is 0 Å². The number of carbonyl (C=O) groups excluding carboxylic acids is 1. The molecule has 0 amide bonds. The van der Waals surface area contributed by atoms with Crippen molar-refractivity contribution in [1.29, 1.82) is 5.26 Å². The molecule has 0 aromatic heterocycles. The minimum absolute atomic E-state index is 0.158. The number of piperidine rings is 1. The lowest BCUT2D eigenvalue weighted by molar-refractivity contribution is 0.0934. The fourth-order valence-corrected chi connectivity index (χ4v) is 2.38. The third-order valence-electron chi connectivity index (χ3n) is 3.31. The number of hydrogen-bond acceptors (Lipinski definition) is 3. The minimum Gasteiger partial charge on any atom is -0.310 e. The van der Waals surface area contributed by atoms with Gasteiger partial charge in [-0.05, 0) is 30.9 Å². The molecule has 0 radical (unpaired) electrons. The highest BCUT2D eigenvalue weighted by Gasteiger charge is 2.23. The SMILES string of the molecule is N#CN1CCCC(CC(=O)c2ccccc2F)C1. The van der Waals surface area contributed by atoms with Crippen LogP contribution in [0.2, 0.25) is 0 Å². The van der Waals surface area contributed by atoms with Gasteiger partial charge in [-0.3, -0.25) is 4.79 Å². The van der Waals surface area contributed by atoms with Crippen LogP contribution in [0.3, 0.4) is 0 Å². The van der Waals surface area contributed by atoms with Crippen molar-refractivity contribution in [2.24, 2.45) is 5.92 Å². The Morgan fingerprint density at radius 3 is 3.00 bits per heavy atom. The number of Topliss-reactive ketones (excluding diaryl/α,β-unsaturated/α-hetero) is 1. The fourth-order valence-electron chi connectivity index (χ4n) is 2.38. The Morgan fingerprint density at radius 2 is 2.28 bits per heavy atom. The zero-order valence-corrected chi connectivity index (χ0v) is 10.1. The van der Waals surface area contributed by atoms with E-state index in [1.165, 1.54) is 12.1 Å². The van der Waals surface area contributed by atoms with E-state index in [9.17, 15) is 9.18 Å². The van der Waals surface area contributed by atoms with Gasteiger partial charge in [0.2, 0.25) is 0 Å². The van der Waals surface area contributed by atoms with Crippen molar-refractivity contribution in [3.05, 3.63) is 35.6 Å². The van der Waals surface area contributed by atoms with Crippen LogP contribution in [0.15, 0.2) is 24.3 Å². The standard InChI is InChI=1S/C14H15FN2O/c15-13-6-2-1-5-12(13)14(18)8-11-4-3-7-17(9-11)10-16/h1-2,5-6,11H,3-4,7-9H2. The van der Waals surface area contributed by atoms with Crippen LogP contribution in [0.1, 0.15) is 29.6 Å². The Balaban J connectivity index is 2.00. The Morgan fingerprint density at radius 1 is 1.50 bits per heavy atom. The average Bonchev–Trinajstić information content (AvgIpc) is 2.39. The van der Waals surface area contributed by atoms with E-state index in [4.69, 9.17) is 5.26 Å². The molecule has 1 aliphatic heterocycles. The maximum absolute atomic E-state index is 13.5. The Labute approximate surface area is 106 Å². The monoisotopic (exact) mass is 246 g/mol. The molecule has 1 heterocycles. The van der Waals surface area contributed by atoms with Gasteiger partial charge in [0.1, 0.15) is 5.82 Å². The first kappa shape index (κ1) is 12.6. The molecule has 0 bridgehead atoms. The maximum Gasteiger partial charge on any atom is 0.179 e. The highest BCUT2D eigenvalue weighted by atomic mass is 19.1. The van der Waals surface area contributed by atoms with E-state index in [0.717, 1.165) is 19.4 Å². The van der Waals surface area contributed by atoms with Crippen LogP contribution < -0.4 is 0 Å². The van der Waals surface area contributed by atoms with Crippen molar-refractivity contribution in [3.8, 4) is 6.19 Å². The molecule has 94 valence electrons. The van der Waals surface area contributed by atoms with E-state index < -0.39 is 5.82 Å². The molecule has 0 saturated carbocycles. The van der Waals surface area contributed by atoms with Gasteiger partial charge in [0.25, 0.3) is 0 Å². The van der Waals surface area contributed by atoms with Crippen LogP contribution in [0.5, 0.6) is 0 Å². The van der Waals surface area contributed by atoms with Gasteiger partial charge in [-0.2, -0.15) is 5.26 Å². The lowest BCUT2D eigenvalue weighted by Crippen LogP contribution is -2.32. The van der Waals surface area contributed by atoms with E-state index in [-0.39, 0.29) is 17.3 Å². The van der Waals surface area contributed by atoms with E-state index >= 15 is 0 Å². The van der Waals surface area contributed by atoms with Crippen molar-refractivity contribution in [2.75, 3.05) is 13.1 Å². The van der Waals surface area contributed by atoms with Crippen molar-refractivity contribution >= 4 is 5.78 Å². The molecule has 0 spiro atoms. The number of halogens is 1. The van der Waals surface area contributed by atoms with Gasteiger partial charge in [-0.1, -0.05) is 12.1 Å².